The van der Waals surface area contributed by atoms with E-state index in [1.807, 2.05) is 13.0 Å². The Morgan fingerprint density at radius 3 is 2.54 bits per heavy atom. The molecular weight excluding hydrogens is 360 g/mol. The molecule has 28 heavy (non-hydrogen) atoms. The third-order valence-electron chi connectivity index (χ3n) is 4.46. The minimum atomic E-state index is -0.493. The van der Waals surface area contributed by atoms with Crippen molar-refractivity contribution in [2.24, 2.45) is 7.05 Å². The second-order valence-electron chi connectivity index (χ2n) is 6.87. The number of aryl methyl sites for hydroxylation is 1. The number of non-ortho nitro benzene ring substituents is 1. The monoisotopic (exact) mass is 386 g/mol. The van der Waals surface area contributed by atoms with Crippen LogP contribution in [0.15, 0.2) is 46.3 Å². The van der Waals surface area contributed by atoms with E-state index in [0.717, 1.165) is 12.8 Å². The Bertz CT molecular complexity index is 998. The second-order valence-corrected chi connectivity index (χ2v) is 6.87. The molecule has 0 aliphatic rings. The lowest BCUT2D eigenvalue weighted by molar-refractivity contribution is -0.384. The summed E-state index contributed by atoms with van der Waals surface area (Å²) in [6, 6.07) is 4.33. The van der Waals surface area contributed by atoms with E-state index in [9.17, 15) is 14.9 Å². The molecule has 0 aliphatic heterocycles. The van der Waals surface area contributed by atoms with Gasteiger partial charge in [0.15, 0.2) is 5.75 Å². The number of fused-ring (bicyclic) bond motifs is 1. The molecule has 0 bridgehead atoms. The molecule has 7 heteroatoms. The number of nitrogens with zero attached hydrogens (tertiary/aromatic N) is 2. The minimum absolute atomic E-state index is 0.0828. The summed E-state index contributed by atoms with van der Waals surface area (Å²) in [5.74, 6) is 0.378. The molecule has 150 valence electrons. The fourth-order valence-corrected chi connectivity index (χ4v) is 2.87. The van der Waals surface area contributed by atoms with Gasteiger partial charge in [-0.25, -0.2) is 0 Å². The minimum Gasteiger partial charge on any atom is -0.488 e. The van der Waals surface area contributed by atoms with Gasteiger partial charge >= 0.3 is 0 Å². The number of ether oxygens (including phenoxy) is 2. The smallest absolute Gasteiger partial charge is 0.297 e. The third kappa shape index (κ3) is 4.79. The van der Waals surface area contributed by atoms with Crippen LogP contribution in [-0.2, 0) is 7.05 Å². The molecule has 1 aromatic carbocycles. The standard InChI is InChI=1S/C21H26N2O5/c1-14(2)7-6-8-15(3)11-12-28-19-17-10-9-16(23(25)26)13-18(17)22(4)21(24)20(19)27-5/h7,9-11,13H,6,8,12H2,1-5H3. The number of hydrogen-bond donors (Lipinski definition) is 0. The molecule has 0 aliphatic carbocycles. The second kappa shape index (κ2) is 9.21. The molecule has 0 N–H and O–H groups in total. The lowest BCUT2D eigenvalue weighted by atomic mass is 10.1. The first-order chi connectivity index (χ1) is 13.3. The van der Waals surface area contributed by atoms with Gasteiger partial charge in [-0.15, -0.1) is 0 Å². The van der Waals surface area contributed by atoms with Crippen LogP contribution in [-0.4, -0.2) is 23.2 Å². The first kappa shape index (κ1) is 21.2. The number of benzene rings is 1. The maximum atomic E-state index is 12.6. The normalized spacial score (nSPS) is 11.4. The predicted molar refractivity (Wildman–Crippen MR) is 110 cm³/mol. The van der Waals surface area contributed by atoms with E-state index >= 15 is 0 Å². The number of pyridine rings is 1. The summed E-state index contributed by atoms with van der Waals surface area (Å²) in [5, 5.41) is 11.7. The Kier molecular flexibility index (Phi) is 6.98. The number of methoxy groups -OCH3 is 1. The van der Waals surface area contributed by atoms with Crippen molar-refractivity contribution in [3.05, 3.63) is 62.0 Å². The summed E-state index contributed by atoms with van der Waals surface area (Å²) in [5.41, 5.74) is 2.39. The fourth-order valence-electron chi connectivity index (χ4n) is 2.87. The first-order valence-corrected chi connectivity index (χ1v) is 9.03. The van der Waals surface area contributed by atoms with E-state index < -0.39 is 10.5 Å². The fraction of sp³-hybridized carbons (Fsp3) is 0.381. The van der Waals surface area contributed by atoms with Gasteiger partial charge in [0.25, 0.3) is 11.2 Å². The molecule has 2 aromatic rings. The van der Waals surface area contributed by atoms with Crippen molar-refractivity contribution in [1.82, 2.24) is 4.57 Å². The number of rotatable bonds is 8. The van der Waals surface area contributed by atoms with Crippen LogP contribution < -0.4 is 15.0 Å². The van der Waals surface area contributed by atoms with E-state index in [1.165, 1.54) is 35.0 Å². The Hall–Kier alpha value is -3.09. The van der Waals surface area contributed by atoms with Gasteiger partial charge < -0.3 is 14.0 Å². The molecular formula is C21H26N2O5. The lowest BCUT2D eigenvalue weighted by Gasteiger charge is -2.15. The molecule has 0 amide bonds. The van der Waals surface area contributed by atoms with Gasteiger partial charge in [-0.3, -0.25) is 14.9 Å². The van der Waals surface area contributed by atoms with Crippen LogP contribution in [0.25, 0.3) is 10.9 Å². The van der Waals surface area contributed by atoms with Gasteiger partial charge in [0.2, 0.25) is 5.75 Å². The maximum Gasteiger partial charge on any atom is 0.297 e. The van der Waals surface area contributed by atoms with E-state index in [0.29, 0.717) is 16.7 Å². The third-order valence-corrected chi connectivity index (χ3v) is 4.46. The first-order valence-electron chi connectivity index (χ1n) is 9.03. The number of aromatic nitrogens is 1. The highest BCUT2D eigenvalue weighted by molar-refractivity contribution is 5.89. The number of nitro benzene ring substituents is 1. The van der Waals surface area contributed by atoms with Gasteiger partial charge in [-0.1, -0.05) is 17.2 Å². The van der Waals surface area contributed by atoms with Crippen molar-refractivity contribution < 1.29 is 14.4 Å². The summed E-state index contributed by atoms with van der Waals surface area (Å²) in [7, 11) is 2.95. The van der Waals surface area contributed by atoms with Gasteiger partial charge in [-0.2, -0.15) is 0 Å². The molecule has 1 aromatic heterocycles. The van der Waals surface area contributed by atoms with Crippen molar-refractivity contribution in [1.29, 1.82) is 0 Å². The zero-order valence-electron chi connectivity index (χ0n) is 16.9. The SMILES string of the molecule is COc1c(OCC=C(C)CCC=C(C)C)c2ccc([N+](=O)[O-])cc2n(C)c1=O. The molecule has 7 nitrogen and oxygen atoms in total. The summed E-state index contributed by atoms with van der Waals surface area (Å²) < 4.78 is 12.5. The molecule has 0 saturated heterocycles. The molecule has 1 heterocycles. The van der Waals surface area contributed by atoms with E-state index in [2.05, 4.69) is 19.9 Å². The Labute approximate surface area is 164 Å². The highest BCUT2D eigenvalue weighted by atomic mass is 16.6. The molecule has 0 saturated carbocycles. The highest BCUT2D eigenvalue weighted by Crippen LogP contribution is 2.34. The summed E-state index contributed by atoms with van der Waals surface area (Å²) >= 11 is 0. The van der Waals surface area contributed by atoms with Crippen LogP contribution in [0.1, 0.15) is 33.6 Å². The Morgan fingerprint density at radius 1 is 1.21 bits per heavy atom. The van der Waals surface area contributed by atoms with Gasteiger partial charge in [-0.05, 0) is 45.8 Å². The zero-order valence-corrected chi connectivity index (χ0v) is 16.9. The largest absolute Gasteiger partial charge is 0.488 e. The van der Waals surface area contributed by atoms with E-state index in [4.69, 9.17) is 9.47 Å². The molecule has 0 fully saturated rings. The van der Waals surface area contributed by atoms with Crippen LogP contribution in [0, 0.1) is 10.1 Å². The predicted octanol–water partition coefficient (Wildman–Crippen LogP) is 4.53. The lowest BCUT2D eigenvalue weighted by Crippen LogP contribution is -2.20. The van der Waals surface area contributed by atoms with E-state index in [1.54, 1.807) is 13.1 Å². The quantitative estimate of drug-likeness (QED) is 0.378. The Balaban J connectivity index is 2.37. The van der Waals surface area contributed by atoms with Crippen molar-refractivity contribution in [3.8, 4) is 11.5 Å². The Morgan fingerprint density at radius 2 is 1.93 bits per heavy atom. The molecule has 0 spiro atoms. The van der Waals surface area contributed by atoms with Crippen molar-refractivity contribution in [2.75, 3.05) is 13.7 Å². The van der Waals surface area contributed by atoms with Crippen LogP contribution in [0.3, 0.4) is 0 Å². The van der Waals surface area contributed by atoms with E-state index in [-0.39, 0.29) is 18.0 Å². The van der Waals surface area contributed by atoms with Crippen molar-refractivity contribution in [2.45, 2.75) is 33.6 Å². The van der Waals surface area contributed by atoms with Gasteiger partial charge in [0.1, 0.15) is 6.61 Å². The number of allylic oxidation sites excluding steroid dienone is 3. The summed E-state index contributed by atoms with van der Waals surface area (Å²) in [4.78, 5) is 23.2. The topological polar surface area (TPSA) is 83.6 Å². The molecule has 0 radical (unpaired) electrons. The van der Waals surface area contributed by atoms with Crippen LogP contribution in [0.5, 0.6) is 11.5 Å². The number of nitro groups is 1. The molecule has 0 atom stereocenters. The zero-order chi connectivity index (χ0) is 20.8. The number of hydrogen-bond acceptors (Lipinski definition) is 5. The van der Waals surface area contributed by atoms with Crippen molar-refractivity contribution in [3.63, 3.8) is 0 Å². The molecule has 0 unspecified atom stereocenters. The van der Waals surface area contributed by atoms with Crippen molar-refractivity contribution >= 4 is 16.6 Å². The van der Waals surface area contributed by atoms with Crippen LogP contribution in [0.2, 0.25) is 0 Å². The van der Waals surface area contributed by atoms with Crippen LogP contribution >= 0.6 is 0 Å². The van der Waals surface area contributed by atoms with Gasteiger partial charge in [0.05, 0.1) is 17.5 Å². The maximum absolute atomic E-state index is 12.6. The highest BCUT2D eigenvalue weighted by Gasteiger charge is 2.19. The molecule has 2 rings (SSSR count). The average molecular weight is 386 g/mol. The summed E-state index contributed by atoms with van der Waals surface area (Å²) in [6.07, 6.45) is 6.04. The van der Waals surface area contributed by atoms with Gasteiger partial charge in [0, 0.05) is 24.6 Å². The average Bonchev–Trinajstić information content (AvgIpc) is 2.65. The summed E-state index contributed by atoms with van der Waals surface area (Å²) in [6.45, 7) is 6.45. The van der Waals surface area contributed by atoms with Crippen LogP contribution in [0.4, 0.5) is 5.69 Å².